The van der Waals surface area contributed by atoms with Gasteiger partial charge in [-0.2, -0.15) is 0 Å². The van der Waals surface area contributed by atoms with Gasteiger partial charge in [0.25, 0.3) is 0 Å². The predicted molar refractivity (Wildman–Crippen MR) is 89.4 cm³/mol. The molecule has 0 saturated carbocycles. The molecule has 4 aromatic rings. The second kappa shape index (κ2) is 4.21. The predicted octanol–water partition coefficient (Wildman–Crippen LogP) is 5.68. The van der Waals surface area contributed by atoms with Gasteiger partial charge in [-0.05, 0) is 17.5 Å². The lowest BCUT2D eigenvalue weighted by molar-refractivity contribution is 0.174. The van der Waals surface area contributed by atoms with E-state index in [9.17, 15) is 0 Å². The summed E-state index contributed by atoms with van der Waals surface area (Å²) in [5.74, 6) is 1.83. The lowest BCUT2D eigenvalue weighted by atomic mass is 10.3. The lowest BCUT2D eigenvalue weighted by Gasteiger charge is -2.15. The van der Waals surface area contributed by atoms with Gasteiger partial charge in [0.1, 0.15) is 13.2 Å². The molecule has 0 spiro atoms. The highest BCUT2D eigenvalue weighted by atomic mass is 32.1. The highest BCUT2D eigenvalue weighted by Gasteiger charge is 2.22. The van der Waals surface area contributed by atoms with E-state index in [1.165, 1.54) is 28.6 Å². The van der Waals surface area contributed by atoms with Gasteiger partial charge in [-0.1, -0.05) is 0 Å². The first-order chi connectivity index (χ1) is 9.90. The van der Waals surface area contributed by atoms with Crippen molar-refractivity contribution in [1.29, 1.82) is 0 Å². The Kier molecular flexibility index (Phi) is 2.43. The molecule has 0 amide bonds. The molecule has 5 rings (SSSR count). The summed E-state index contributed by atoms with van der Waals surface area (Å²) >= 11 is 7.29. The van der Waals surface area contributed by atoms with Gasteiger partial charge in [-0.25, -0.2) is 0 Å². The Hall–Kier alpha value is -1.08. The molecule has 0 bridgehead atoms. The molecule has 6 heteroatoms. The van der Waals surface area contributed by atoms with Crippen LogP contribution in [0.25, 0.3) is 28.6 Å². The maximum atomic E-state index is 5.79. The molecule has 2 nitrogen and oxygen atoms in total. The van der Waals surface area contributed by atoms with E-state index in [1.54, 1.807) is 11.3 Å². The molecule has 0 unspecified atom stereocenters. The molecule has 1 aliphatic heterocycles. The smallest absolute Gasteiger partial charge is 0.180 e. The summed E-state index contributed by atoms with van der Waals surface area (Å²) in [5.41, 5.74) is 0. The SMILES string of the molecule is c1cc2sc3cc(-c4scc5c4OCCO5)sc3c2s1. The van der Waals surface area contributed by atoms with Crippen molar-refractivity contribution in [2.45, 2.75) is 0 Å². The van der Waals surface area contributed by atoms with Crippen LogP contribution < -0.4 is 9.47 Å². The first kappa shape index (κ1) is 11.6. The topological polar surface area (TPSA) is 18.5 Å². The zero-order valence-electron chi connectivity index (χ0n) is 10.2. The van der Waals surface area contributed by atoms with Crippen molar-refractivity contribution in [1.82, 2.24) is 0 Å². The Bertz CT molecular complexity index is 924. The molecule has 0 saturated heterocycles. The van der Waals surface area contributed by atoms with Crippen LogP contribution in [0.15, 0.2) is 22.9 Å². The second-order valence-electron chi connectivity index (χ2n) is 4.48. The third-order valence-corrected chi connectivity index (χ3v) is 7.97. The minimum atomic E-state index is 0.644. The quantitative estimate of drug-likeness (QED) is 0.445. The van der Waals surface area contributed by atoms with Gasteiger partial charge >= 0.3 is 0 Å². The van der Waals surface area contributed by atoms with Gasteiger partial charge in [0, 0.05) is 14.8 Å². The first-order valence-corrected chi connectivity index (χ1v) is 9.56. The number of fused-ring (bicyclic) bond motifs is 4. The third kappa shape index (κ3) is 1.53. The highest BCUT2D eigenvalue weighted by molar-refractivity contribution is 7.39. The van der Waals surface area contributed by atoms with E-state index in [4.69, 9.17) is 9.47 Å². The van der Waals surface area contributed by atoms with Crippen molar-refractivity contribution in [3.8, 4) is 21.3 Å². The molecule has 0 aromatic carbocycles. The van der Waals surface area contributed by atoms with Crippen LogP contribution in [0.2, 0.25) is 0 Å². The van der Waals surface area contributed by atoms with Crippen molar-refractivity contribution in [3.63, 3.8) is 0 Å². The van der Waals surface area contributed by atoms with Gasteiger partial charge < -0.3 is 9.47 Å². The number of hydrogen-bond acceptors (Lipinski definition) is 6. The standard InChI is InChI=1S/C14H8O2S4/c1-4-17-13-8(1)19-10-5-9(20-14(10)13)12-11-7(6-18-12)15-2-3-16-11/h1,4-6H,2-3H2. The molecule has 0 N–H and O–H groups in total. The van der Waals surface area contributed by atoms with Crippen LogP contribution in [0, 0.1) is 0 Å². The molecule has 5 heterocycles. The Labute approximate surface area is 130 Å². The average Bonchev–Trinajstić information content (AvgIpc) is 3.17. The molecule has 1 aliphatic rings. The highest BCUT2D eigenvalue weighted by Crippen LogP contribution is 2.51. The first-order valence-electron chi connectivity index (χ1n) is 6.17. The van der Waals surface area contributed by atoms with Gasteiger partial charge in [0.15, 0.2) is 11.5 Å². The monoisotopic (exact) mass is 336 g/mol. The molecule has 20 heavy (non-hydrogen) atoms. The van der Waals surface area contributed by atoms with E-state index in [0.717, 1.165) is 11.5 Å². The average molecular weight is 336 g/mol. The molecule has 4 aromatic heterocycles. The molecule has 0 radical (unpaired) electrons. The van der Waals surface area contributed by atoms with Crippen LogP contribution in [0.5, 0.6) is 11.5 Å². The molecular weight excluding hydrogens is 328 g/mol. The van der Waals surface area contributed by atoms with Crippen LogP contribution in [0.1, 0.15) is 0 Å². The van der Waals surface area contributed by atoms with Crippen molar-refractivity contribution in [2.24, 2.45) is 0 Å². The van der Waals surface area contributed by atoms with Crippen LogP contribution in [-0.2, 0) is 0 Å². The molecule has 0 atom stereocenters. The largest absolute Gasteiger partial charge is 0.485 e. The number of ether oxygens (including phenoxy) is 2. The van der Waals surface area contributed by atoms with E-state index in [1.807, 2.05) is 34.0 Å². The number of rotatable bonds is 1. The van der Waals surface area contributed by atoms with Gasteiger partial charge in [-0.15, -0.1) is 45.3 Å². The van der Waals surface area contributed by atoms with E-state index in [-0.39, 0.29) is 0 Å². The molecule has 0 fully saturated rings. The van der Waals surface area contributed by atoms with Crippen LogP contribution in [0.3, 0.4) is 0 Å². The molecular formula is C14H8O2S4. The molecule has 100 valence electrons. The van der Waals surface area contributed by atoms with Gasteiger partial charge in [-0.3, -0.25) is 0 Å². The van der Waals surface area contributed by atoms with Crippen molar-refractivity contribution >= 4 is 64.1 Å². The van der Waals surface area contributed by atoms with E-state index in [0.29, 0.717) is 13.2 Å². The van der Waals surface area contributed by atoms with Gasteiger partial charge in [0.05, 0.1) is 19.2 Å². The summed E-state index contributed by atoms with van der Waals surface area (Å²) in [6.07, 6.45) is 0. The summed E-state index contributed by atoms with van der Waals surface area (Å²) in [6.45, 7) is 1.30. The molecule has 0 aliphatic carbocycles. The van der Waals surface area contributed by atoms with Crippen molar-refractivity contribution < 1.29 is 9.47 Å². The van der Waals surface area contributed by atoms with Crippen LogP contribution in [0.4, 0.5) is 0 Å². The van der Waals surface area contributed by atoms with Crippen LogP contribution in [-0.4, -0.2) is 13.2 Å². The third-order valence-electron chi connectivity index (χ3n) is 3.28. The summed E-state index contributed by atoms with van der Waals surface area (Å²) in [6, 6.07) is 4.50. The minimum absolute atomic E-state index is 0.644. The fraction of sp³-hybridized carbons (Fsp3) is 0.143. The normalized spacial score (nSPS) is 14.4. The fourth-order valence-electron chi connectivity index (χ4n) is 2.42. The summed E-state index contributed by atoms with van der Waals surface area (Å²) in [5, 5.41) is 4.22. The van der Waals surface area contributed by atoms with E-state index < -0.39 is 0 Å². The number of thiophene rings is 4. The van der Waals surface area contributed by atoms with Gasteiger partial charge in [0.2, 0.25) is 0 Å². The minimum Gasteiger partial charge on any atom is -0.485 e. The Morgan fingerprint density at radius 1 is 0.950 bits per heavy atom. The van der Waals surface area contributed by atoms with Crippen LogP contribution >= 0.6 is 45.3 Å². The van der Waals surface area contributed by atoms with E-state index in [2.05, 4.69) is 22.9 Å². The number of hydrogen-bond donors (Lipinski definition) is 0. The maximum Gasteiger partial charge on any atom is 0.180 e. The van der Waals surface area contributed by atoms with Crippen molar-refractivity contribution in [3.05, 3.63) is 22.9 Å². The summed E-state index contributed by atoms with van der Waals surface area (Å²) < 4.78 is 17.0. The Morgan fingerprint density at radius 2 is 1.90 bits per heavy atom. The van der Waals surface area contributed by atoms with Crippen molar-refractivity contribution in [2.75, 3.05) is 13.2 Å². The Balaban J connectivity index is 1.73. The van der Waals surface area contributed by atoms with E-state index >= 15 is 0 Å². The summed E-state index contributed by atoms with van der Waals surface area (Å²) in [4.78, 5) is 2.50. The maximum absolute atomic E-state index is 5.79. The zero-order chi connectivity index (χ0) is 13.1. The fourth-order valence-corrected chi connectivity index (χ4v) is 7.23. The zero-order valence-corrected chi connectivity index (χ0v) is 13.4. The summed E-state index contributed by atoms with van der Waals surface area (Å²) in [7, 11) is 0. The second-order valence-corrected chi connectivity index (χ2v) is 8.41. The Morgan fingerprint density at radius 3 is 2.90 bits per heavy atom. The lowest BCUT2D eigenvalue weighted by Crippen LogP contribution is -2.14.